The van der Waals surface area contributed by atoms with Crippen LogP contribution in [0, 0.1) is 0 Å². The summed E-state index contributed by atoms with van der Waals surface area (Å²) in [7, 11) is 0.0900. The average molecular weight is 315 g/mol. The number of nitrogens with one attached hydrogen (secondary N) is 1. The van der Waals surface area contributed by atoms with Gasteiger partial charge in [-0.1, -0.05) is 0 Å². The van der Waals surface area contributed by atoms with Gasteiger partial charge < -0.3 is 14.8 Å². The highest BCUT2D eigenvalue weighted by atomic mass is 32.2. The molecule has 0 aliphatic heterocycles. The van der Waals surface area contributed by atoms with Crippen molar-refractivity contribution < 1.29 is 17.9 Å². The molecule has 0 heterocycles. The molecule has 0 amide bonds. The Morgan fingerprint density at radius 2 is 1.86 bits per heavy atom. The Morgan fingerprint density at radius 1 is 1.24 bits per heavy atom. The van der Waals surface area contributed by atoms with Crippen LogP contribution in [0.3, 0.4) is 0 Å². The highest BCUT2D eigenvalue weighted by Crippen LogP contribution is 2.29. The van der Waals surface area contributed by atoms with Crippen LogP contribution in [-0.4, -0.2) is 40.2 Å². The summed E-state index contributed by atoms with van der Waals surface area (Å²) >= 11 is 0. The number of rotatable bonds is 7. The summed E-state index contributed by atoms with van der Waals surface area (Å²) in [4.78, 5) is 0. The number of methoxy groups -OCH3 is 2. The fraction of sp³-hybridized carbons (Fsp3) is 0.600. The second kappa shape index (κ2) is 6.66. The first kappa shape index (κ1) is 17.8. The van der Waals surface area contributed by atoms with Crippen LogP contribution in [0.4, 0.5) is 0 Å². The van der Waals surface area contributed by atoms with Gasteiger partial charge in [0.25, 0.3) is 0 Å². The Kier molecular flexibility index (Phi) is 5.64. The van der Waals surface area contributed by atoms with Crippen molar-refractivity contribution in [2.45, 2.75) is 31.6 Å². The number of benzene rings is 1. The van der Waals surface area contributed by atoms with Crippen LogP contribution in [-0.2, 0) is 9.84 Å². The summed E-state index contributed by atoms with van der Waals surface area (Å²) in [6, 6.07) is 5.50. The standard InChI is InChI=1S/C15H25NO4S/c1-11(16-10-15(2,3)21(6,17)18)13-9-12(19-4)7-8-14(13)20-5/h7-9,11,16H,10H2,1-6H3. The predicted molar refractivity (Wildman–Crippen MR) is 84.9 cm³/mol. The number of sulfone groups is 1. The van der Waals surface area contributed by atoms with Gasteiger partial charge in [-0.3, -0.25) is 0 Å². The van der Waals surface area contributed by atoms with E-state index < -0.39 is 14.6 Å². The highest BCUT2D eigenvalue weighted by molar-refractivity contribution is 7.92. The van der Waals surface area contributed by atoms with Crippen LogP contribution in [0.2, 0.25) is 0 Å². The van der Waals surface area contributed by atoms with E-state index in [0.717, 1.165) is 17.1 Å². The molecular weight excluding hydrogens is 290 g/mol. The van der Waals surface area contributed by atoms with E-state index in [0.29, 0.717) is 6.54 Å². The minimum Gasteiger partial charge on any atom is -0.497 e. The van der Waals surface area contributed by atoms with Gasteiger partial charge >= 0.3 is 0 Å². The summed E-state index contributed by atoms with van der Waals surface area (Å²) in [5.74, 6) is 1.48. The normalized spacial score (nSPS) is 13.8. The predicted octanol–water partition coefficient (Wildman–Crippen LogP) is 2.18. The van der Waals surface area contributed by atoms with Crippen molar-refractivity contribution in [3.63, 3.8) is 0 Å². The molecule has 1 aromatic rings. The number of hydrogen-bond acceptors (Lipinski definition) is 5. The molecule has 0 saturated heterocycles. The minimum atomic E-state index is -3.13. The molecule has 0 bridgehead atoms. The molecule has 0 aliphatic rings. The second-order valence-electron chi connectivity index (χ2n) is 5.74. The first-order chi connectivity index (χ1) is 9.62. The lowest BCUT2D eigenvalue weighted by Crippen LogP contribution is -2.42. The van der Waals surface area contributed by atoms with Gasteiger partial charge in [0.1, 0.15) is 11.5 Å². The van der Waals surface area contributed by atoms with E-state index in [1.165, 1.54) is 6.26 Å². The minimum absolute atomic E-state index is 0.0592. The Labute approximate surface area is 127 Å². The van der Waals surface area contributed by atoms with Crippen LogP contribution in [0.5, 0.6) is 11.5 Å². The van der Waals surface area contributed by atoms with E-state index in [2.05, 4.69) is 5.32 Å². The van der Waals surface area contributed by atoms with Crippen LogP contribution in [0.1, 0.15) is 32.4 Å². The van der Waals surface area contributed by atoms with E-state index in [1.54, 1.807) is 28.1 Å². The smallest absolute Gasteiger partial charge is 0.153 e. The maximum atomic E-state index is 11.7. The van der Waals surface area contributed by atoms with Crippen molar-refractivity contribution in [1.29, 1.82) is 0 Å². The first-order valence-corrected chi connectivity index (χ1v) is 8.66. The Balaban J connectivity index is 2.92. The summed E-state index contributed by atoms with van der Waals surface area (Å²) in [5, 5.41) is 3.26. The quantitative estimate of drug-likeness (QED) is 0.835. The molecule has 1 atom stereocenters. The summed E-state index contributed by atoms with van der Waals surface area (Å²) < 4.78 is 33.2. The molecule has 0 aromatic heterocycles. The molecule has 1 N–H and O–H groups in total. The van der Waals surface area contributed by atoms with Gasteiger partial charge in [0.05, 0.1) is 19.0 Å². The van der Waals surface area contributed by atoms with E-state index in [-0.39, 0.29) is 6.04 Å². The number of ether oxygens (including phenoxy) is 2. The lowest BCUT2D eigenvalue weighted by molar-refractivity contribution is 0.390. The molecule has 0 fully saturated rings. The molecule has 5 nitrogen and oxygen atoms in total. The Morgan fingerprint density at radius 3 is 2.33 bits per heavy atom. The van der Waals surface area contributed by atoms with Gasteiger partial charge in [0, 0.05) is 24.4 Å². The molecule has 6 heteroatoms. The van der Waals surface area contributed by atoms with E-state index in [4.69, 9.17) is 9.47 Å². The van der Waals surface area contributed by atoms with Crippen molar-refractivity contribution >= 4 is 9.84 Å². The third-order valence-corrected chi connectivity index (χ3v) is 5.89. The zero-order valence-electron chi connectivity index (χ0n) is 13.6. The molecule has 21 heavy (non-hydrogen) atoms. The van der Waals surface area contributed by atoms with Crippen LogP contribution >= 0.6 is 0 Å². The van der Waals surface area contributed by atoms with Crippen molar-refractivity contribution in [2.75, 3.05) is 27.0 Å². The van der Waals surface area contributed by atoms with E-state index in [1.807, 2.05) is 25.1 Å². The van der Waals surface area contributed by atoms with Crippen molar-refractivity contribution in [1.82, 2.24) is 5.32 Å². The molecule has 1 unspecified atom stereocenters. The molecule has 0 spiro atoms. The summed E-state index contributed by atoms with van der Waals surface area (Å²) in [6.07, 6.45) is 1.26. The molecule has 0 radical (unpaired) electrons. The van der Waals surface area contributed by atoms with Crippen molar-refractivity contribution in [3.05, 3.63) is 23.8 Å². The Hall–Kier alpha value is -1.27. The number of hydrogen-bond donors (Lipinski definition) is 1. The third kappa shape index (κ3) is 4.35. The largest absolute Gasteiger partial charge is 0.497 e. The third-order valence-electron chi connectivity index (χ3n) is 3.74. The van der Waals surface area contributed by atoms with Gasteiger partial charge in [-0.05, 0) is 39.0 Å². The second-order valence-corrected chi connectivity index (χ2v) is 8.39. The van der Waals surface area contributed by atoms with Crippen molar-refractivity contribution in [3.8, 4) is 11.5 Å². The van der Waals surface area contributed by atoms with E-state index in [9.17, 15) is 8.42 Å². The summed E-state index contributed by atoms with van der Waals surface area (Å²) in [6.45, 7) is 5.75. The highest BCUT2D eigenvalue weighted by Gasteiger charge is 2.30. The first-order valence-electron chi connectivity index (χ1n) is 6.77. The lowest BCUT2D eigenvalue weighted by Gasteiger charge is -2.26. The molecule has 0 saturated carbocycles. The molecule has 0 aliphatic carbocycles. The molecule has 1 rings (SSSR count). The average Bonchev–Trinajstić information content (AvgIpc) is 2.42. The maximum absolute atomic E-state index is 11.7. The van der Waals surface area contributed by atoms with Gasteiger partial charge in [0.2, 0.25) is 0 Å². The zero-order chi connectivity index (χ0) is 16.3. The van der Waals surface area contributed by atoms with Gasteiger partial charge in [-0.25, -0.2) is 8.42 Å². The fourth-order valence-electron chi connectivity index (χ4n) is 1.82. The SMILES string of the molecule is COc1ccc(OC)c(C(C)NCC(C)(C)S(C)(=O)=O)c1. The Bertz CT molecular complexity index is 581. The van der Waals surface area contributed by atoms with E-state index >= 15 is 0 Å². The van der Waals surface area contributed by atoms with Gasteiger partial charge in [-0.2, -0.15) is 0 Å². The van der Waals surface area contributed by atoms with Gasteiger partial charge in [0.15, 0.2) is 9.84 Å². The van der Waals surface area contributed by atoms with Crippen LogP contribution in [0.25, 0.3) is 0 Å². The lowest BCUT2D eigenvalue weighted by atomic mass is 10.1. The molecular formula is C15H25NO4S. The maximum Gasteiger partial charge on any atom is 0.153 e. The van der Waals surface area contributed by atoms with Crippen LogP contribution < -0.4 is 14.8 Å². The molecule has 1 aromatic carbocycles. The van der Waals surface area contributed by atoms with Gasteiger partial charge in [-0.15, -0.1) is 0 Å². The topological polar surface area (TPSA) is 64.6 Å². The fourth-order valence-corrected chi connectivity index (χ4v) is 2.16. The molecule has 120 valence electrons. The summed E-state index contributed by atoms with van der Waals surface area (Å²) in [5.41, 5.74) is 0.932. The monoisotopic (exact) mass is 315 g/mol. The zero-order valence-corrected chi connectivity index (χ0v) is 14.4. The van der Waals surface area contributed by atoms with Crippen molar-refractivity contribution in [2.24, 2.45) is 0 Å². The van der Waals surface area contributed by atoms with Crippen LogP contribution in [0.15, 0.2) is 18.2 Å².